The van der Waals surface area contributed by atoms with Crippen LogP contribution in [0.5, 0.6) is 0 Å². The second-order valence-corrected chi connectivity index (χ2v) is 4.26. The maximum absolute atomic E-state index is 9.08. The van der Waals surface area contributed by atoms with Crippen LogP contribution >= 0.6 is 23.2 Å². The maximum Gasteiger partial charge on any atom is 0.0715 e. The van der Waals surface area contributed by atoms with Gasteiger partial charge >= 0.3 is 0 Å². The van der Waals surface area contributed by atoms with Crippen LogP contribution in [0.2, 0.25) is 10.0 Å². The molecule has 0 aliphatic rings. The molecule has 0 amide bonds. The van der Waals surface area contributed by atoms with Crippen molar-refractivity contribution in [1.29, 1.82) is 0 Å². The van der Waals surface area contributed by atoms with E-state index in [0.717, 1.165) is 16.9 Å². The van der Waals surface area contributed by atoms with Crippen LogP contribution in [0.15, 0.2) is 24.4 Å². The quantitative estimate of drug-likeness (QED) is 0.898. The maximum atomic E-state index is 9.08. The third-order valence-electron chi connectivity index (χ3n) is 2.34. The Morgan fingerprint density at radius 3 is 2.62 bits per heavy atom. The lowest BCUT2D eigenvalue weighted by Gasteiger charge is -2.02. The largest absolute Gasteiger partial charge is 0.392 e. The second-order valence-electron chi connectivity index (χ2n) is 3.44. The van der Waals surface area contributed by atoms with Crippen LogP contribution in [-0.4, -0.2) is 14.9 Å². The van der Waals surface area contributed by atoms with Crippen molar-refractivity contribution in [2.45, 2.75) is 13.5 Å². The van der Waals surface area contributed by atoms with Crippen molar-refractivity contribution in [2.75, 3.05) is 0 Å². The Hall–Kier alpha value is -1.03. The van der Waals surface area contributed by atoms with Gasteiger partial charge in [0.1, 0.15) is 0 Å². The molecule has 2 aromatic rings. The van der Waals surface area contributed by atoms with Gasteiger partial charge < -0.3 is 5.11 Å². The molecule has 5 heteroatoms. The lowest BCUT2D eigenvalue weighted by atomic mass is 10.3. The van der Waals surface area contributed by atoms with Gasteiger partial charge in [-0.15, -0.1) is 0 Å². The Morgan fingerprint density at radius 2 is 2.06 bits per heavy atom. The van der Waals surface area contributed by atoms with Gasteiger partial charge in [-0.2, -0.15) is 5.10 Å². The molecule has 16 heavy (non-hydrogen) atoms. The molecule has 0 aliphatic heterocycles. The number of aryl methyl sites for hydroxylation is 1. The third kappa shape index (κ3) is 2.07. The van der Waals surface area contributed by atoms with Crippen molar-refractivity contribution < 1.29 is 5.11 Å². The number of aliphatic hydroxyl groups excluding tert-OH is 1. The molecule has 0 saturated heterocycles. The summed E-state index contributed by atoms with van der Waals surface area (Å²) in [5, 5.41) is 14.3. The molecule has 3 nitrogen and oxygen atoms in total. The van der Waals surface area contributed by atoms with E-state index in [4.69, 9.17) is 28.3 Å². The van der Waals surface area contributed by atoms with E-state index in [1.54, 1.807) is 23.0 Å². The van der Waals surface area contributed by atoms with Crippen LogP contribution in [-0.2, 0) is 6.61 Å². The summed E-state index contributed by atoms with van der Waals surface area (Å²) in [5.74, 6) is 0. The number of benzene rings is 1. The first-order valence-corrected chi connectivity index (χ1v) is 5.49. The van der Waals surface area contributed by atoms with Crippen LogP contribution in [0.25, 0.3) is 5.69 Å². The van der Waals surface area contributed by atoms with E-state index < -0.39 is 0 Å². The van der Waals surface area contributed by atoms with Crippen molar-refractivity contribution in [1.82, 2.24) is 9.78 Å². The summed E-state index contributed by atoms with van der Waals surface area (Å²) in [7, 11) is 0. The van der Waals surface area contributed by atoms with Gasteiger partial charge in [0, 0.05) is 11.8 Å². The lowest BCUT2D eigenvalue weighted by Crippen LogP contribution is -1.94. The van der Waals surface area contributed by atoms with E-state index in [9.17, 15) is 0 Å². The van der Waals surface area contributed by atoms with Gasteiger partial charge in [0.05, 0.1) is 28.0 Å². The molecule has 0 radical (unpaired) electrons. The minimum absolute atomic E-state index is 0.0207. The second kappa shape index (κ2) is 4.45. The topological polar surface area (TPSA) is 38.0 Å². The molecule has 1 aromatic carbocycles. The van der Waals surface area contributed by atoms with Crippen molar-refractivity contribution in [3.8, 4) is 5.69 Å². The number of aromatic nitrogens is 2. The molecule has 0 aliphatic carbocycles. The number of rotatable bonds is 2. The highest BCUT2D eigenvalue weighted by molar-refractivity contribution is 6.42. The standard InChI is InChI=1S/C11H10Cl2N2O/c1-7-8(6-16)5-15(14-7)9-2-3-10(12)11(13)4-9/h2-5,16H,6H2,1H3. The summed E-state index contributed by atoms with van der Waals surface area (Å²) in [6.45, 7) is 1.83. The summed E-state index contributed by atoms with van der Waals surface area (Å²) in [5.41, 5.74) is 2.41. The van der Waals surface area contributed by atoms with Gasteiger partial charge in [0.2, 0.25) is 0 Å². The monoisotopic (exact) mass is 256 g/mol. The van der Waals surface area contributed by atoms with Gasteiger partial charge in [-0.05, 0) is 25.1 Å². The summed E-state index contributed by atoms with van der Waals surface area (Å²) in [6, 6.07) is 5.27. The van der Waals surface area contributed by atoms with Crippen LogP contribution in [0.1, 0.15) is 11.3 Å². The summed E-state index contributed by atoms with van der Waals surface area (Å²) < 4.78 is 1.67. The Kier molecular flexibility index (Phi) is 3.19. The molecule has 1 heterocycles. The number of hydrogen-bond acceptors (Lipinski definition) is 2. The zero-order chi connectivity index (χ0) is 11.7. The zero-order valence-electron chi connectivity index (χ0n) is 8.61. The van der Waals surface area contributed by atoms with Crippen molar-refractivity contribution in [3.05, 3.63) is 45.7 Å². The fraction of sp³-hybridized carbons (Fsp3) is 0.182. The van der Waals surface area contributed by atoms with E-state index in [2.05, 4.69) is 5.10 Å². The van der Waals surface area contributed by atoms with Crippen LogP contribution in [0, 0.1) is 6.92 Å². The molecular formula is C11H10Cl2N2O. The molecule has 1 N–H and O–H groups in total. The predicted octanol–water partition coefficient (Wildman–Crippen LogP) is 2.98. The molecule has 0 unspecified atom stereocenters. The fourth-order valence-electron chi connectivity index (χ4n) is 1.41. The van der Waals surface area contributed by atoms with Gasteiger partial charge in [-0.25, -0.2) is 4.68 Å². The molecule has 0 fully saturated rings. The Bertz CT molecular complexity index is 523. The smallest absolute Gasteiger partial charge is 0.0715 e. The van der Waals surface area contributed by atoms with Crippen molar-refractivity contribution >= 4 is 23.2 Å². The van der Waals surface area contributed by atoms with Crippen LogP contribution in [0.3, 0.4) is 0 Å². The van der Waals surface area contributed by atoms with E-state index in [1.165, 1.54) is 0 Å². The van der Waals surface area contributed by atoms with Crippen LogP contribution in [0.4, 0.5) is 0 Å². The SMILES string of the molecule is Cc1nn(-c2ccc(Cl)c(Cl)c2)cc1CO. The third-order valence-corrected chi connectivity index (χ3v) is 3.08. The number of halogens is 2. The molecule has 0 bridgehead atoms. The molecule has 0 atom stereocenters. The lowest BCUT2D eigenvalue weighted by molar-refractivity contribution is 0.281. The Morgan fingerprint density at radius 1 is 1.31 bits per heavy atom. The zero-order valence-corrected chi connectivity index (χ0v) is 10.1. The first-order valence-electron chi connectivity index (χ1n) is 4.73. The van der Waals surface area contributed by atoms with Gasteiger partial charge in [0.15, 0.2) is 0 Å². The van der Waals surface area contributed by atoms with E-state index >= 15 is 0 Å². The molecule has 2 rings (SSSR count). The van der Waals surface area contributed by atoms with E-state index in [0.29, 0.717) is 10.0 Å². The Labute approximate surface area is 103 Å². The van der Waals surface area contributed by atoms with E-state index in [-0.39, 0.29) is 6.61 Å². The summed E-state index contributed by atoms with van der Waals surface area (Å²) in [4.78, 5) is 0. The Balaban J connectivity index is 2.46. The van der Waals surface area contributed by atoms with Gasteiger partial charge in [-0.1, -0.05) is 23.2 Å². The molecule has 0 spiro atoms. The summed E-state index contributed by atoms with van der Waals surface area (Å²) in [6.07, 6.45) is 1.77. The predicted molar refractivity (Wildman–Crippen MR) is 64.2 cm³/mol. The van der Waals surface area contributed by atoms with Crippen molar-refractivity contribution in [2.24, 2.45) is 0 Å². The highest BCUT2D eigenvalue weighted by Crippen LogP contribution is 2.24. The minimum Gasteiger partial charge on any atom is -0.392 e. The normalized spacial score (nSPS) is 10.8. The molecule has 0 saturated carbocycles. The number of hydrogen-bond donors (Lipinski definition) is 1. The van der Waals surface area contributed by atoms with Gasteiger partial charge in [0.25, 0.3) is 0 Å². The first kappa shape index (κ1) is 11.5. The highest BCUT2D eigenvalue weighted by atomic mass is 35.5. The highest BCUT2D eigenvalue weighted by Gasteiger charge is 2.06. The average Bonchev–Trinajstić information content (AvgIpc) is 2.64. The van der Waals surface area contributed by atoms with Gasteiger partial charge in [-0.3, -0.25) is 0 Å². The molecule has 1 aromatic heterocycles. The number of nitrogens with zero attached hydrogens (tertiary/aromatic N) is 2. The summed E-state index contributed by atoms with van der Waals surface area (Å²) >= 11 is 11.8. The average molecular weight is 257 g/mol. The van der Waals surface area contributed by atoms with E-state index in [1.807, 2.05) is 13.0 Å². The first-order chi connectivity index (χ1) is 7.61. The molecule has 84 valence electrons. The van der Waals surface area contributed by atoms with Crippen LogP contribution < -0.4 is 0 Å². The number of aliphatic hydroxyl groups is 1. The minimum atomic E-state index is -0.0207. The fourth-order valence-corrected chi connectivity index (χ4v) is 1.70. The molecular weight excluding hydrogens is 247 g/mol. The van der Waals surface area contributed by atoms with Crippen molar-refractivity contribution in [3.63, 3.8) is 0 Å².